The molecule has 1 aliphatic rings. The van der Waals surface area contributed by atoms with E-state index in [0.717, 1.165) is 13.1 Å². The van der Waals surface area contributed by atoms with Gasteiger partial charge in [0.2, 0.25) is 0 Å². The fourth-order valence-corrected chi connectivity index (χ4v) is 1.05. The van der Waals surface area contributed by atoms with Crippen molar-refractivity contribution in [3.63, 3.8) is 0 Å². The van der Waals surface area contributed by atoms with E-state index < -0.39 is 0 Å². The average molecular weight is 142 g/mol. The van der Waals surface area contributed by atoms with Crippen LogP contribution < -0.4 is 11.1 Å². The summed E-state index contributed by atoms with van der Waals surface area (Å²) in [5.74, 6) is 0.576. The van der Waals surface area contributed by atoms with Crippen molar-refractivity contribution in [2.24, 2.45) is 10.7 Å². The van der Waals surface area contributed by atoms with E-state index in [1.165, 1.54) is 0 Å². The molecule has 1 atom stereocenters. The minimum atomic E-state index is 0.412. The van der Waals surface area contributed by atoms with E-state index in [1.54, 1.807) is 0 Å². The standard InChI is InChI=1S/C6H14N4/c1-10(2)4-5-3-8-6(7)9-5/h5H,3-4H2,1-2H3,(H3,7,8,9)/t5-/m0/s1. The van der Waals surface area contributed by atoms with Crippen molar-refractivity contribution >= 4 is 5.96 Å². The molecule has 3 N–H and O–H groups in total. The molecule has 0 spiro atoms. The molecule has 1 rings (SSSR count). The molecule has 4 heteroatoms. The van der Waals surface area contributed by atoms with Gasteiger partial charge in [0, 0.05) is 6.54 Å². The second-order valence-electron chi connectivity index (χ2n) is 2.83. The second kappa shape index (κ2) is 2.88. The van der Waals surface area contributed by atoms with E-state index in [4.69, 9.17) is 5.73 Å². The summed E-state index contributed by atoms with van der Waals surface area (Å²) in [6, 6.07) is 0.412. The van der Waals surface area contributed by atoms with Gasteiger partial charge < -0.3 is 16.0 Å². The van der Waals surface area contributed by atoms with Crippen LogP contribution in [0.25, 0.3) is 0 Å². The van der Waals surface area contributed by atoms with Gasteiger partial charge in [-0.15, -0.1) is 0 Å². The van der Waals surface area contributed by atoms with Crippen LogP contribution in [-0.2, 0) is 0 Å². The third kappa shape index (κ3) is 1.88. The third-order valence-corrected chi connectivity index (χ3v) is 1.42. The number of hydrogen-bond donors (Lipinski definition) is 2. The molecule has 1 aliphatic heterocycles. The van der Waals surface area contributed by atoms with Gasteiger partial charge in [0.25, 0.3) is 0 Å². The molecule has 0 aromatic heterocycles. The molecule has 0 amide bonds. The van der Waals surface area contributed by atoms with E-state index >= 15 is 0 Å². The van der Waals surface area contributed by atoms with Crippen molar-refractivity contribution in [1.29, 1.82) is 0 Å². The molecule has 0 saturated heterocycles. The lowest BCUT2D eigenvalue weighted by Crippen LogP contribution is -2.41. The predicted octanol–water partition coefficient (Wildman–Crippen LogP) is -1.17. The van der Waals surface area contributed by atoms with Gasteiger partial charge in [-0.05, 0) is 14.1 Å². The maximum Gasteiger partial charge on any atom is 0.188 e. The summed E-state index contributed by atoms with van der Waals surface area (Å²) in [5.41, 5.74) is 5.42. The molecule has 4 nitrogen and oxygen atoms in total. The van der Waals surface area contributed by atoms with Crippen molar-refractivity contribution in [3.8, 4) is 0 Å². The summed E-state index contributed by atoms with van der Waals surface area (Å²) in [4.78, 5) is 6.14. The molecule has 1 heterocycles. The maximum absolute atomic E-state index is 5.42. The normalized spacial score (nSPS) is 24.7. The Labute approximate surface area is 61.1 Å². The third-order valence-electron chi connectivity index (χ3n) is 1.42. The Morgan fingerprint density at radius 2 is 2.50 bits per heavy atom. The number of nitrogens with zero attached hydrogens (tertiary/aromatic N) is 2. The van der Waals surface area contributed by atoms with Gasteiger partial charge in [-0.2, -0.15) is 0 Å². The number of rotatable bonds is 2. The molecular formula is C6H14N4. The van der Waals surface area contributed by atoms with Crippen LogP contribution in [0.15, 0.2) is 4.99 Å². The van der Waals surface area contributed by atoms with Gasteiger partial charge in [-0.1, -0.05) is 0 Å². The van der Waals surface area contributed by atoms with Crippen LogP contribution in [0.2, 0.25) is 0 Å². The van der Waals surface area contributed by atoms with Gasteiger partial charge in [0.05, 0.1) is 12.6 Å². The van der Waals surface area contributed by atoms with Gasteiger partial charge in [0.1, 0.15) is 0 Å². The van der Waals surface area contributed by atoms with Crippen molar-refractivity contribution < 1.29 is 0 Å². The zero-order chi connectivity index (χ0) is 7.56. The first-order valence-corrected chi connectivity index (χ1v) is 3.39. The molecule has 0 aromatic carbocycles. The first kappa shape index (κ1) is 7.34. The summed E-state index contributed by atoms with van der Waals surface area (Å²) in [7, 11) is 4.08. The highest BCUT2D eigenvalue weighted by atomic mass is 15.2. The summed E-state index contributed by atoms with van der Waals surface area (Å²) < 4.78 is 0. The number of nitrogens with one attached hydrogen (secondary N) is 1. The highest BCUT2D eigenvalue weighted by molar-refractivity contribution is 5.79. The molecule has 0 aromatic rings. The Morgan fingerprint density at radius 3 is 2.90 bits per heavy atom. The quantitative estimate of drug-likeness (QED) is 0.511. The van der Waals surface area contributed by atoms with E-state index in [2.05, 4.69) is 15.2 Å². The SMILES string of the molecule is CN(C)C[C@@H]1CN=C(N)N1. The monoisotopic (exact) mass is 142 g/mol. The lowest BCUT2D eigenvalue weighted by Gasteiger charge is -2.15. The summed E-state index contributed by atoms with van der Waals surface area (Å²) in [6.07, 6.45) is 0. The zero-order valence-electron chi connectivity index (χ0n) is 6.46. The van der Waals surface area contributed by atoms with Crippen molar-refractivity contribution in [2.45, 2.75) is 6.04 Å². The van der Waals surface area contributed by atoms with Crippen LogP contribution in [0.5, 0.6) is 0 Å². The van der Waals surface area contributed by atoms with Crippen LogP contribution in [0.3, 0.4) is 0 Å². The molecule has 0 radical (unpaired) electrons. The van der Waals surface area contributed by atoms with Crippen molar-refractivity contribution in [1.82, 2.24) is 10.2 Å². The van der Waals surface area contributed by atoms with Gasteiger partial charge in [-0.25, -0.2) is 0 Å². The number of nitrogens with two attached hydrogens (primary N) is 1. The van der Waals surface area contributed by atoms with Crippen LogP contribution >= 0.6 is 0 Å². The number of hydrogen-bond acceptors (Lipinski definition) is 4. The first-order valence-electron chi connectivity index (χ1n) is 3.39. The van der Waals surface area contributed by atoms with E-state index in [0.29, 0.717) is 12.0 Å². The molecule has 58 valence electrons. The zero-order valence-corrected chi connectivity index (χ0v) is 6.46. The predicted molar refractivity (Wildman–Crippen MR) is 42.0 cm³/mol. The van der Waals surface area contributed by atoms with Crippen molar-refractivity contribution in [3.05, 3.63) is 0 Å². The Bertz CT molecular complexity index is 141. The Kier molecular flexibility index (Phi) is 2.11. The smallest absolute Gasteiger partial charge is 0.188 e. The second-order valence-corrected chi connectivity index (χ2v) is 2.83. The molecular weight excluding hydrogens is 128 g/mol. The van der Waals surface area contributed by atoms with E-state index in [1.807, 2.05) is 14.1 Å². The molecule has 10 heavy (non-hydrogen) atoms. The van der Waals surface area contributed by atoms with E-state index in [9.17, 15) is 0 Å². The van der Waals surface area contributed by atoms with Gasteiger partial charge >= 0.3 is 0 Å². The lowest BCUT2D eigenvalue weighted by molar-refractivity contribution is 0.368. The number of guanidine groups is 1. The maximum atomic E-state index is 5.42. The fraction of sp³-hybridized carbons (Fsp3) is 0.833. The number of aliphatic imine (C=N–C) groups is 1. The minimum absolute atomic E-state index is 0.412. The molecule has 0 aliphatic carbocycles. The summed E-state index contributed by atoms with van der Waals surface area (Å²) >= 11 is 0. The Balaban J connectivity index is 2.23. The van der Waals surface area contributed by atoms with E-state index in [-0.39, 0.29) is 0 Å². The summed E-state index contributed by atoms with van der Waals surface area (Å²) in [6.45, 7) is 1.80. The average Bonchev–Trinajstić information content (AvgIpc) is 2.13. The van der Waals surface area contributed by atoms with Crippen LogP contribution in [0, 0.1) is 0 Å². The van der Waals surface area contributed by atoms with Crippen LogP contribution in [0.4, 0.5) is 0 Å². The fourth-order valence-electron chi connectivity index (χ4n) is 1.05. The molecule has 0 saturated carbocycles. The first-order chi connectivity index (χ1) is 4.68. The van der Waals surface area contributed by atoms with Crippen LogP contribution in [-0.4, -0.2) is 44.1 Å². The van der Waals surface area contributed by atoms with Gasteiger partial charge in [0.15, 0.2) is 5.96 Å². The largest absolute Gasteiger partial charge is 0.370 e. The topological polar surface area (TPSA) is 53.6 Å². The highest BCUT2D eigenvalue weighted by Crippen LogP contribution is 1.93. The number of likely N-dealkylation sites (N-methyl/N-ethyl adjacent to an activating group) is 1. The van der Waals surface area contributed by atoms with Crippen LogP contribution in [0.1, 0.15) is 0 Å². The lowest BCUT2D eigenvalue weighted by atomic mass is 10.3. The molecule has 0 unspecified atom stereocenters. The molecule has 0 fully saturated rings. The Morgan fingerprint density at radius 1 is 1.80 bits per heavy atom. The minimum Gasteiger partial charge on any atom is -0.370 e. The highest BCUT2D eigenvalue weighted by Gasteiger charge is 2.14. The van der Waals surface area contributed by atoms with Gasteiger partial charge in [-0.3, -0.25) is 4.99 Å². The van der Waals surface area contributed by atoms with Crippen molar-refractivity contribution in [2.75, 3.05) is 27.2 Å². The summed E-state index contributed by atoms with van der Waals surface area (Å²) in [5, 5.41) is 3.07. The Hall–Kier alpha value is -0.770. The molecule has 0 bridgehead atoms.